The van der Waals surface area contributed by atoms with E-state index in [2.05, 4.69) is 26.6 Å². The van der Waals surface area contributed by atoms with Crippen molar-refractivity contribution in [2.24, 2.45) is 0 Å². The number of amides is 4. The van der Waals surface area contributed by atoms with Crippen LogP contribution in [0.5, 0.6) is 0 Å². The molecule has 6 nitrogen and oxygen atoms in total. The number of urea groups is 1. The average Bonchev–Trinajstić information content (AvgIpc) is 2.81. The van der Waals surface area contributed by atoms with Crippen molar-refractivity contribution in [2.45, 2.75) is 12.5 Å². The molecule has 1 aliphatic rings. The highest BCUT2D eigenvalue weighted by Crippen LogP contribution is 2.33. The van der Waals surface area contributed by atoms with E-state index >= 15 is 0 Å². The molecule has 1 fully saturated rings. The predicted molar refractivity (Wildman–Crippen MR) is 102 cm³/mol. The molecular formula is C18H15BrClN3O3. The van der Waals surface area contributed by atoms with Gasteiger partial charge in [0.25, 0.3) is 5.91 Å². The van der Waals surface area contributed by atoms with Crippen LogP contribution < -0.4 is 10.6 Å². The Kier molecular flexibility index (Phi) is 5.02. The van der Waals surface area contributed by atoms with E-state index in [0.29, 0.717) is 20.7 Å². The summed E-state index contributed by atoms with van der Waals surface area (Å²) in [5.74, 6) is -1.01. The first-order valence-electron chi connectivity index (χ1n) is 7.76. The number of para-hydroxylation sites is 1. The van der Waals surface area contributed by atoms with Crippen LogP contribution in [0.15, 0.2) is 53.0 Å². The topological polar surface area (TPSA) is 78.5 Å². The van der Waals surface area contributed by atoms with Crippen LogP contribution in [0.4, 0.5) is 10.5 Å². The van der Waals surface area contributed by atoms with Crippen molar-refractivity contribution in [3.63, 3.8) is 0 Å². The summed E-state index contributed by atoms with van der Waals surface area (Å²) >= 11 is 9.40. The lowest BCUT2D eigenvalue weighted by molar-refractivity contribution is -0.133. The molecule has 2 aromatic carbocycles. The Labute approximate surface area is 163 Å². The summed E-state index contributed by atoms with van der Waals surface area (Å²) in [6.45, 7) is 1.20. The molecule has 2 N–H and O–H groups in total. The molecule has 8 heteroatoms. The zero-order valence-electron chi connectivity index (χ0n) is 13.8. The number of imide groups is 1. The first kappa shape index (κ1) is 18.4. The van der Waals surface area contributed by atoms with E-state index in [4.69, 9.17) is 11.6 Å². The second-order valence-electron chi connectivity index (χ2n) is 5.95. The average molecular weight is 437 g/mol. The van der Waals surface area contributed by atoms with Gasteiger partial charge in [0.05, 0.1) is 10.7 Å². The highest BCUT2D eigenvalue weighted by molar-refractivity contribution is 9.10. The van der Waals surface area contributed by atoms with Crippen LogP contribution in [0, 0.1) is 0 Å². The Morgan fingerprint density at radius 1 is 1.19 bits per heavy atom. The molecule has 1 unspecified atom stereocenters. The van der Waals surface area contributed by atoms with Crippen molar-refractivity contribution in [3.8, 4) is 0 Å². The minimum Gasteiger partial charge on any atom is -0.323 e. The summed E-state index contributed by atoms with van der Waals surface area (Å²) < 4.78 is 0.693. The third kappa shape index (κ3) is 3.32. The highest BCUT2D eigenvalue weighted by Gasteiger charge is 2.50. The van der Waals surface area contributed by atoms with Gasteiger partial charge in [0.2, 0.25) is 5.91 Å². The maximum absolute atomic E-state index is 12.9. The van der Waals surface area contributed by atoms with E-state index in [1.165, 1.54) is 0 Å². The van der Waals surface area contributed by atoms with Gasteiger partial charge in [0.15, 0.2) is 0 Å². The number of anilines is 1. The Morgan fingerprint density at radius 3 is 2.54 bits per heavy atom. The molecule has 0 saturated carbocycles. The number of carbonyl (C=O) groups excluding carboxylic acids is 3. The molecule has 0 radical (unpaired) electrons. The summed E-state index contributed by atoms with van der Waals surface area (Å²) in [5, 5.41) is 5.64. The number of carbonyl (C=O) groups is 3. The Morgan fingerprint density at radius 2 is 1.85 bits per heavy atom. The van der Waals surface area contributed by atoms with Gasteiger partial charge in [-0.15, -0.1) is 0 Å². The third-order valence-electron chi connectivity index (χ3n) is 4.14. The lowest BCUT2D eigenvalue weighted by Crippen LogP contribution is -2.42. The van der Waals surface area contributed by atoms with Gasteiger partial charge in [-0.25, -0.2) is 4.79 Å². The van der Waals surface area contributed by atoms with Gasteiger partial charge in [0, 0.05) is 10.0 Å². The molecule has 2 aromatic rings. The molecule has 0 spiro atoms. The van der Waals surface area contributed by atoms with Gasteiger partial charge in [-0.2, -0.15) is 0 Å². The Hall–Kier alpha value is -2.38. The molecule has 26 heavy (non-hydrogen) atoms. The highest BCUT2D eigenvalue weighted by atomic mass is 79.9. The molecule has 3 rings (SSSR count). The number of benzene rings is 2. The van der Waals surface area contributed by atoms with Crippen LogP contribution >= 0.6 is 27.5 Å². The second-order valence-corrected chi connectivity index (χ2v) is 7.22. The lowest BCUT2D eigenvalue weighted by Gasteiger charge is -2.23. The molecule has 0 bridgehead atoms. The van der Waals surface area contributed by atoms with E-state index < -0.39 is 29.9 Å². The molecule has 1 atom stereocenters. The lowest BCUT2D eigenvalue weighted by atomic mass is 9.92. The summed E-state index contributed by atoms with van der Waals surface area (Å²) in [4.78, 5) is 38.3. The Balaban J connectivity index is 1.78. The quantitative estimate of drug-likeness (QED) is 0.720. The molecule has 0 aliphatic carbocycles. The normalized spacial score (nSPS) is 19.4. The zero-order chi connectivity index (χ0) is 18.9. The van der Waals surface area contributed by atoms with Crippen molar-refractivity contribution in [1.82, 2.24) is 10.2 Å². The van der Waals surface area contributed by atoms with Crippen molar-refractivity contribution in [1.29, 1.82) is 0 Å². The maximum Gasteiger partial charge on any atom is 0.325 e. The monoisotopic (exact) mass is 435 g/mol. The van der Waals surface area contributed by atoms with Gasteiger partial charge in [-0.05, 0) is 25.1 Å². The largest absolute Gasteiger partial charge is 0.325 e. The molecule has 4 amide bonds. The smallest absolute Gasteiger partial charge is 0.323 e. The number of hydrogen-bond donors (Lipinski definition) is 2. The van der Waals surface area contributed by atoms with Crippen molar-refractivity contribution in [3.05, 3.63) is 63.6 Å². The number of nitrogens with zero attached hydrogens (tertiary/aromatic N) is 1. The molecule has 1 heterocycles. The molecule has 1 aliphatic heterocycles. The Bertz CT molecular complexity index is 905. The van der Waals surface area contributed by atoms with Crippen LogP contribution in [0.1, 0.15) is 12.5 Å². The molecule has 1 saturated heterocycles. The van der Waals surface area contributed by atoms with Crippen molar-refractivity contribution in [2.75, 3.05) is 11.9 Å². The summed E-state index contributed by atoms with van der Waals surface area (Å²) in [5.41, 5.74) is -0.214. The molecule has 0 aromatic heterocycles. The zero-order valence-corrected chi connectivity index (χ0v) is 16.1. The number of rotatable bonds is 4. The van der Waals surface area contributed by atoms with E-state index in [1.807, 2.05) is 6.07 Å². The first-order valence-corrected chi connectivity index (χ1v) is 8.93. The first-order chi connectivity index (χ1) is 12.3. The number of nitrogens with one attached hydrogen (secondary N) is 2. The standard InChI is InChI=1S/C18H15BrClN3O3/c1-18(11-6-2-3-7-12(11)19)16(25)23(17(26)22-18)10-15(24)21-14-9-5-4-8-13(14)20/h2-9H,10H2,1H3,(H,21,24)(H,22,26). The van der Waals surface area contributed by atoms with Crippen LogP contribution in [0.3, 0.4) is 0 Å². The minimum absolute atomic E-state index is 0.371. The minimum atomic E-state index is -1.25. The summed E-state index contributed by atoms with van der Waals surface area (Å²) in [7, 11) is 0. The number of halogens is 2. The second kappa shape index (κ2) is 7.09. The van der Waals surface area contributed by atoms with Crippen LogP contribution in [0.2, 0.25) is 5.02 Å². The van der Waals surface area contributed by atoms with Gasteiger partial charge in [-0.3, -0.25) is 14.5 Å². The third-order valence-corrected chi connectivity index (χ3v) is 5.16. The van der Waals surface area contributed by atoms with Crippen molar-refractivity contribution < 1.29 is 14.4 Å². The van der Waals surface area contributed by atoms with Crippen LogP contribution in [0.25, 0.3) is 0 Å². The van der Waals surface area contributed by atoms with Crippen LogP contribution in [-0.4, -0.2) is 29.3 Å². The van der Waals surface area contributed by atoms with Gasteiger partial charge in [-0.1, -0.05) is 57.9 Å². The molecule has 134 valence electrons. The van der Waals surface area contributed by atoms with Gasteiger partial charge in [0.1, 0.15) is 12.1 Å². The van der Waals surface area contributed by atoms with Gasteiger partial charge < -0.3 is 10.6 Å². The fourth-order valence-electron chi connectivity index (χ4n) is 2.79. The van der Waals surface area contributed by atoms with E-state index in [9.17, 15) is 14.4 Å². The SMILES string of the molecule is CC1(c2ccccc2Br)NC(=O)N(CC(=O)Nc2ccccc2Cl)C1=O. The fraction of sp³-hybridized carbons (Fsp3) is 0.167. The van der Waals surface area contributed by atoms with Crippen LogP contribution in [-0.2, 0) is 15.1 Å². The predicted octanol–water partition coefficient (Wildman–Crippen LogP) is 3.51. The maximum atomic E-state index is 12.9. The summed E-state index contributed by atoms with van der Waals surface area (Å²) in [6.07, 6.45) is 0. The van der Waals surface area contributed by atoms with Gasteiger partial charge >= 0.3 is 6.03 Å². The van der Waals surface area contributed by atoms with E-state index in [-0.39, 0.29) is 0 Å². The fourth-order valence-corrected chi connectivity index (χ4v) is 3.65. The summed E-state index contributed by atoms with van der Waals surface area (Å²) in [6, 6.07) is 13.2. The van der Waals surface area contributed by atoms with E-state index in [0.717, 1.165) is 4.90 Å². The van der Waals surface area contributed by atoms with E-state index in [1.54, 1.807) is 49.4 Å². The van der Waals surface area contributed by atoms with Crippen molar-refractivity contribution >= 4 is 51.1 Å². The number of hydrogen-bond acceptors (Lipinski definition) is 3. The molecular weight excluding hydrogens is 422 g/mol.